The Morgan fingerprint density at radius 2 is 1.95 bits per heavy atom. The molecule has 0 aliphatic heterocycles. The summed E-state index contributed by atoms with van der Waals surface area (Å²) in [5.41, 5.74) is -0.295. The van der Waals surface area contributed by atoms with Gasteiger partial charge < -0.3 is 0 Å². The Balaban J connectivity index is 2.14. The van der Waals surface area contributed by atoms with Crippen molar-refractivity contribution in [3.8, 4) is 0 Å². The molecule has 3 rings (SSSR count). The number of pyridine rings is 1. The fourth-order valence-electron chi connectivity index (χ4n) is 1.64. The van der Waals surface area contributed by atoms with Gasteiger partial charge in [-0.05, 0) is 23.6 Å². The molecule has 0 N–H and O–H groups in total. The van der Waals surface area contributed by atoms with Crippen molar-refractivity contribution < 1.29 is 13.2 Å². The summed E-state index contributed by atoms with van der Waals surface area (Å²) in [7, 11) is 0. The summed E-state index contributed by atoms with van der Waals surface area (Å²) in [5, 5.41) is 1.64. The fraction of sp³-hybridized carbons (Fsp3) is 0.0833. The van der Waals surface area contributed by atoms with E-state index in [-0.39, 0.29) is 5.15 Å². The van der Waals surface area contributed by atoms with Crippen LogP contribution >= 0.6 is 22.9 Å². The minimum atomic E-state index is -3.55. The highest BCUT2D eigenvalue weighted by Gasteiger charge is 2.39. The van der Waals surface area contributed by atoms with E-state index in [4.69, 9.17) is 11.6 Å². The monoisotopic (exact) mass is 315 g/mol. The molecule has 0 aromatic carbocycles. The van der Waals surface area contributed by atoms with Gasteiger partial charge in [0.05, 0.1) is 16.4 Å². The van der Waals surface area contributed by atoms with Crippen molar-refractivity contribution in [2.24, 2.45) is 0 Å². The van der Waals surface area contributed by atoms with Gasteiger partial charge in [-0.3, -0.25) is 4.98 Å². The van der Waals surface area contributed by atoms with Gasteiger partial charge in [-0.2, -0.15) is 8.78 Å². The van der Waals surface area contributed by atoms with Crippen LogP contribution in [0.5, 0.6) is 0 Å². The minimum Gasteiger partial charge on any atom is -0.251 e. The fourth-order valence-corrected chi connectivity index (χ4v) is 2.67. The second-order valence-electron chi connectivity index (χ2n) is 3.91. The second kappa shape index (κ2) is 4.68. The predicted octanol–water partition coefficient (Wildman–Crippen LogP) is 4.02. The maximum Gasteiger partial charge on any atom is 0.348 e. The minimum absolute atomic E-state index is 0.0400. The molecule has 0 unspecified atom stereocenters. The average Bonchev–Trinajstić information content (AvgIpc) is 2.88. The molecule has 20 heavy (non-hydrogen) atoms. The molecule has 3 aromatic heterocycles. The Hall–Kier alpha value is -1.73. The summed E-state index contributed by atoms with van der Waals surface area (Å²) in [6.45, 7) is 0. The molecule has 0 radical (unpaired) electrons. The lowest BCUT2D eigenvalue weighted by molar-refractivity contribution is 0.0284. The first-order valence-electron chi connectivity index (χ1n) is 5.39. The molecule has 3 heterocycles. The molecule has 3 nitrogen and oxygen atoms in total. The Morgan fingerprint density at radius 1 is 1.15 bits per heavy atom. The summed E-state index contributed by atoms with van der Waals surface area (Å²) in [6.07, 6.45) is 0.716. The van der Waals surface area contributed by atoms with Crippen LogP contribution in [0.4, 0.5) is 13.2 Å². The second-order valence-corrected chi connectivity index (χ2v) is 5.18. The van der Waals surface area contributed by atoms with Crippen LogP contribution in [0.3, 0.4) is 0 Å². The zero-order chi connectivity index (χ0) is 14.3. The maximum absolute atomic E-state index is 14.3. The number of hydrogen-bond acceptors (Lipinski definition) is 4. The molecular weight excluding hydrogens is 311 g/mol. The third kappa shape index (κ3) is 2.12. The molecule has 0 amide bonds. The summed E-state index contributed by atoms with van der Waals surface area (Å²) in [5.74, 6) is -5.00. The summed E-state index contributed by atoms with van der Waals surface area (Å²) < 4.78 is 41.8. The first-order chi connectivity index (χ1) is 9.48. The lowest BCUT2D eigenvalue weighted by Gasteiger charge is -2.14. The summed E-state index contributed by atoms with van der Waals surface area (Å²) in [6, 6.07) is 3.37. The zero-order valence-electron chi connectivity index (χ0n) is 9.65. The Labute approximate surface area is 120 Å². The van der Waals surface area contributed by atoms with Crippen LogP contribution in [-0.4, -0.2) is 15.0 Å². The van der Waals surface area contributed by atoms with E-state index in [1.54, 1.807) is 11.4 Å². The van der Waals surface area contributed by atoms with Gasteiger partial charge in [-0.1, -0.05) is 11.6 Å². The van der Waals surface area contributed by atoms with Gasteiger partial charge in [0.15, 0.2) is 5.15 Å². The molecule has 0 aliphatic rings. The van der Waals surface area contributed by atoms with Crippen LogP contribution in [0.15, 0.2) is 29.8 Å². The molecule has 0 bridgehead atoms. The van der Waals surface area contributed by atoms with E-state index < -0.39 is 23.3 Å². The van der Waals surface area contributed by atoms with Crippen LogP contribution in [0.1, 0.15) is 11.5 Å². The van der Waals surface area contributed by atoms with Gasteiger partial charge >= 0.3 is 5.92 Å². The third-order valence-corrected chi connectivity index (χ3v) is 3.89. The molecule has 0 saturated heterocycles. The molecular formula is C12H5ClF3N3S. The number of halogens is 4. The number of rotatable bonds is 2. The number of thiophene rings is 1. The van der Waals surface area contributed by atoms with Crippen LogP contribution in [0.25, 0.3) is 10.2 Å². The molecule has 0 spiro atoms. The average molecular weight is 316 g/mol. The number of aromatic nitrogens is 3. The highest BCUT2D eigenvalue weighted by molar-refractivity contribution is 7.17. The van der Waals surface area contributed by atoms with Gasteiger partial charge in [0.2, 0.25) is 5.82 Å². The van der Waals surface area contributed by atoms with E-state index in [2.05, 4.69) is 15.0 Å². The van der Waals surface area contributed by atoms with Gasteiger partial charge in [-0.15, -0.1) is 11.3 Å². The van der Waals surface area contributed by atoms with Crippen LogP contribution in [0.2, 0.25) is 5.15 Å². The number of hydrogen-bond donors (Lipinski definition) is 0. The maximum atomic E-state index is 14.3. The third-order valence-electron chi connectivity index (χ3n) is 2.59. The smallest absolute Gasteiger partial charge is 0.251 e. The zero-order valence-corrected chi connectivity index (χ0v) is 11.2. The summed E-state index contributed by atoms with van der Waals surface area (Å²) >= 11 is 7.13. The van der Waals surface area contributed by atoms with Gasteiger partial charge in [0, 0.05) is 0 Å². The molecule has 8 heteroatoms. The first-order valence-corrected chi connectivity index (χ1v) is 6.65. The van der Waals surface area contributed by atoms with Crippen molar-refractivity contribution in [2.45, 2.75) is 5.92 Å². The normalized spacial score (nSPS) is 12.0. The Kier molecular flexibility index (Phi) is 3.10. The highest BCUT2D eigenvalue weighted by atomic mass is 35.5. The summed E-state index contributed by atoms with van der Waals surface area (Å²) in [4.78, 5) is 10.8. The number of nitrogens with zero attached hydrogens (tertiary/aromatic N) is 3. The highest BCUT2D eigenvalue weighted by Crippen LogP contribution is 2.35. The van der Waals surface area contributed by atoms with Crippen molar-refractivity contribution in [1.29, 1.82) is 0 Å². The number of alkyl halides is 2. The number of fused-ring (bicyclic) bond motifs is 1. The van der Waals surface area contributed by atoms with E-state index in [0.29, 0.717) is 16.4 Å². The van der Waals surface area contributed by atoms with E-state index >= 15 is 0 Å². The molecule has 0 aliphatic carbocycles. The van der Waals surface area contributed by atoms with Crippen molar-refractivity contribution in [1.82, 2.24) is 15.0 Å². The van der Waals surface area contributed by atoms with Crippen molar-refractivity contribution in [2.75, 3.05) is 0 Å². The van der Waals surface area contributed by atoms with E-state index in [1.807, 2.05) is 0 Å². The largest absolute Gasteiger partial charge is 0.348 e. The van der Waals surface area contributed by atoms with Crippen LogP contribution in [-0.2, 0) is 5.92 Å². The molecule has 0 fully saturated rings. The van der Waals surface area contributed by atoms with E-state index in [9.17, 15) is 13.2 Å². The van der Waals surface area contributed by atoms with E-state index in [1.165, 1.54) is 11.3 Å². The molecule has 3 aromatic rings. The topological polar surface area (TPSA) is 38.7 Å². The molecule has 0 atom stereocenters. The molecule has 0 saturated carbocycles. The predicted molar refractivity (Wildman–Crippen MR) is 69.6 cm³/mol. The van der Waals surface area contributed by atoms with Gasteiger partial charge in [-0.25, -0.2) is 14.4 Å². The quantitative estimate of drug-likeness (QED) is 0.670. The first kappa shape index (κ1) is 13.3. The van der Waals surface area contributed by atoms with Crippen LogP contribution in [0, 0.1) is 5.82 Å². The van der Waals surface area contributed by atoms with E-state index in [0.717, 1.165) is 12.1 Å². The van der Waals surface area contributed by atoms with Crippen molar-refractivity contribution in [3.63, 3.8) is 0 Å². The van der Waals surface area contributed by atoms with Gasteiger partial charge in [0.1, 0.15) is 11.5 Å². The van der Waals surface area contributed by atoms with Crippen molar-refractivity contribution in [3.05, 3.63) is 52.3 Å². The SMILES string of the molecule is Fc1ccc(C(F)(F)c2nc(Cl)c3sccc3n2)nc1. The lowest BCUT2D eigenvalue weighted by atomic mass is 10.2. The Bertz CT molecular complexity index is 773. The lowest BCUT2D eigenvalue weighted by Crippen LogP contribution is -2.20. The van der Waals surface area contributed by atoms with Gasteiger partial charge in [0.25, 0.3) is 0 Å². The van der Waals surface area contributed by atoms with Crippen LogP contribution < -0.4 is 0 Å². The van der Waals surface area contributed by atoms with Crippen molar-refractivity contribution >= 4 is 33.2 Å². The standard InChI is InChI=1S/C12H5ClF3N3S/c13-10-9-7(3-4-20-9)18-11(19-10)12(15,16)8-2-1-6(14)5-17-8/h1-5H. The molecule has 102 valence electrons. The Morgan fingerprint density at radius 3 is 2.65 bits per heavy atom.